The van der Waals surface area contributed by atoms with Gasteiger partial charge in [0, 0.05) is 43.2 Å². The molecule has 1 fully saturated rings. The van der Waals surface area contributed by atoms with Crippen molar-refractivity contribution in [3.05, 3.63) is 53.6 Å². The lowest BCUT2D eigenvalue weighted by Crippen LogP contribution is -2.46. The van der Waals surface area contributed by atoms with E-state index < -0.39 is 0 Å². The number of likely N-dealkylation sites (tertiary alicyclic amines) is 1. The van der Waals surface area contributed by atoms with Crippen LogP contribution in [0.25, 0.3) is 0 Å². The van der Waals surface area contributed by atoms with Gasteiger partial charge < -0.3 is 19.1 Å². The van der Waals surface area contributed by atoms with Gasteiger partial charge in [-0.25, -0.2) is 0 Å². The SMILES string of the molecule is O=C(c1ccc2c(c1)OCO2)C1CCCN(C(=O)CN2CCOc3ccccc3C2)C1. The first-order valence-electron chi connectivity index (χ1n) is 10.8. The molecule has 0 aromatic heterocycles. The summed E-state index contributed by atoms with van der Waals surface area (Å²) in [6, 6.07) is 13.3. The first kappa shape index (κ1) is 19.9. The van der Waals surface area contributed by atoms with Gasteiger partial charge in [0.05, 0.1) is 6.54 Å². The third-order valence-corrected chi connectivity index (χ3v) is 6.19. The molecule has 3 aliphatic heterocycles. The van der Waals surface area contributed by atoms with Crippen molar-refractivity contribution in [3.8, 4) is 17.2 Å². The molecular weight excluding hydrogens is 396 g/mol. The quantitative estimate of drug-likeness (QED) is 0.706. The van der Waals surface area contributed by atoms with Gasteiger partial charge in [-0.15, -0.1) is 0 Å². The van der Waals surface area contributed by atoms with Crippen molar-refractivity contribution < 1.29 is 23.8 Å². The van der Waals surface area contributed by atoms with Crippen LogP contribution in [0.4, 0.5) is 0 Å². The maximum Gasteiger partial charge on any atom is 0.236 e. The number of carbonyl (C=O) groups is 2. The Morgan fingerprint density at radius 3 is 2.77 bits per heavy atom. The number of para-hydroxylation sites is 1. The molecule has 2 aromatic rings. The van der Waals surface area contributed by atoms with Crippen LogP contribution >= 0.6 is 0 Å². The van der Waals surface area contributed by atoms with Crippen LogP contribution in [0, 0.1) is 5.92 Å². The number of amides is 1. The standard InChI is InChI=1S/C24H26N2O5/c27-23(15-25-10-11-29-20-6-2-1-4-18(20)13-25)26-9-3-5-19(14-26)24(28)17-7-8-21-22(12-17)31-16-30-21/h1-2,4,6-8,12,19H,3,5,9-11,13-16H2. The molecule has 0 aliphatic carbocycles. The van der Waals surface area contributed by atoms with E-state index in [1.54, 1.807) is 18.2 Å². The van der Waals surface area contributed by atoms with E-state index in [1.165, 1.54) is 0 Å². The van der Waals surface area contributed by atoms with Crippen molar-refractivity contribution in [2.45, 2.75) is 19.4 Å². The van der Waals surface area contributed by atoms with Crippen molar-refractivity contribution in [1.82, 2.24) is 9.80 Å². The Morgan fingerprint density at radius 1 is 0.968 bits per heavy atom. The number of ketones is 1. The average Bonchev–Trinajstić information content (AvgIpc) is 3.18. The van der Waals surface area contributed by atoms with Crippen LogP contribution in [0.5, 0.6) is 17.2 Å². The van der Waals surface area contributed by atoms with E-state index in [2.05, 4.69) is 4.90 Å². The van der Waals surface area contributed by atoms with Gasteiger partial charge in [0.15, 0.2) is 17.3 Å². The van der Waals surface area contributed by atoms with E-state index in [9.17, 15) is 9.59 Å². The van der Waals surface area contributed by atoms with Gasteiger partial charge in [-0.05, 0) is 37.1 Å². The fourth-order valence-corrected chi connectivity index (χ4v) is 4.51. The molecule has 1 unspecified atom stereocenters. The lowest BCUT2D eigenvalue weighted by Gasteiger charge is -2.33. The zero-order chi connectivity index (χ0) is 21.2. The summed E-state index contributed by atoms with van der Waals surface area (Å²) in [4.78, 5) is 30.1. The van der Waals surface area contributed by atoms with Gasteiger partial charge in [0.25, 0.3) is 0 Å². The highest BCUT2D eigenvalue weighted by molar-refractivity contribution is 5.99. The number of hydrogen-bond donors (Lipinski definition) is 0. The highest BCUT2D eigenvalue weighted by Crippen LogP contribution is 2.34. The van der Waals surface area contributed by atoms with E-state index in [0.29, 0.717) is 56.4 Å². The maximum absolute atomic E-state index is 13.1. The molecule has 1 amide bonds. The lowest BCUT2D eigenvalue weighted by atomic mass is 9.89. The number of Topliss-reactive ketones (excluding diaryl/α,β-unsaturated/α-hetero) is 1. The molecule has 3 heterocycles. The number of carbonyl (C=O) groups excluding carboxylic acids is 2. The minimum absolute atomic E-state index is 0.0629. The van der Waals surface area contributed by atoms with Crippen molar-refractivity contribution in [3.63, 3.8) is 0 Å². The zero-order valence-electron chi connectivity index (χ0n) is 17.4. The Labute approximate surface area is 181 Å². The average molecular weight is 422 g/mol. The molecular formula is C24H26N2O5. The fourth-order valence-electron chi connectivity index (χ4n) is 4.51. The number of ether oxygens (including phenoxy) is 3. The summed E-state index contributed by atoms with van der Waals surface area (Å²) in [5, 5.41) is 0. The summed E-state index contributed by atoms with van der Waals surface area (Å²) in [7, 11) is 0. The molecule has 1 saturated heterocycles. The molecule has 0 saturated carbocycles. The van der Waals surface area contributed by atoms with Crippen molar-refractivity contribution in [2.75, 3.05) is 39.6 Å². The van der Waals surface area contributed by atoms with Gasteiger partial charge in [0.1, 0.15) is 12.4 Å². The van der Waals surface area contributed by atoms with E-state index in [1.807, 2.05) is 29.2 Å². The van der Waals surface area contributed by atoms with E-state index >= 15 is 0 Å². The minimum atomic E-state index is -0.189. The van der Waals surface area contributed by atoms with Gasteiger partial charge in [0.2, 0.25) is 12.7 Å². The molecule has 5 rings (SSSR count). The normalized spacial score (nSPS) is 20.5. The maximum atomic E-state index is 13.1. The third-order valence-electron chi connectivity index (χ3n) is 6.19. The van der Waals surface area contributed by atoms with Gasteiger partial charge in [-0.2, -0.15) is 0 Å². The number of piperidine rings is 1. The number of hydrogen-bond acceptors (Lipinski definition) is 6. The highest BCUT2D eigenvalue weighted by Gasteiger charge is 2.31. The summed E-state index contributed by atoms with van der Waals surface area (Å²) in [5.74, 6) is 2.12. The topological polar surface area (TPSA) is 68.3 Å². The van der Waals surface area contributed by atoms with Crippen LogP contribution in [-0.2, 0) is 11.3 Å². The second-order valence-corrected chi connectivity index (χ2v) is 8.28. The first-order chi connectivity index (χ1) is 15.2. The Kier molecular flexibility index (Phi) is 5.51. The fraction of sp³-hybridized carbons (Fsp3) is 0.417. The molecule has 7 heteroatoms. The lowest BCUT2D eigenvalue weighted by molar-refractivity contribution is -0.134. The van der Waals surface area contributed by atoms with Crippen LogP contribution < -0.4 is 14.2 Å². The van der Waals surface area contributed by atoms with Crippen LogP contribution in [-0.4, -0.2) is 61.1 Å². The second-order valence-electron chi connectivity index (χ2n) is 8.28. The number of nitrogens with zero attached hydrogens (tertiary/aromatic N) is 2. The highest BCUT2D eigenvalue weighted by atomic mass is 16.7. The van der Waals surface area contributed by atoms with Crippen molar-refractivity contribution in [1.29, 1.82) is 0 Å². The summed E-state index contributed by atoms with van der Waals surface area (Å²) in [6.07, 6.45) is 1.63. The molecule has 7 nitrogen and oxygen atoms in total. The zero-order valence-corrected chi connectivity index (χ0v) is 17.4. The smallest absolute Gasteiger partial charge is 0.236 e. The van der Waals surface area contributed by atoms with Crippen LogP contribution in [0.1, 0.15) is 28.8 Å². The van der Waals surface area contributed by atoms with Gasteiger partial charge in [-0.1, -0.05) is 18.2 Å². The summed E-state index contributed by atoms with van der Waals surface area (Å²) >= 11 is 0. The number of rotatable bonds is 4. The molecule has 0 spiro atoms. The monoisotopic (exact) mass is 422 g/mol. The largest absolute Gasteiger partial charge is 0.492 e. The Morgan fingerprint density at radius 2 is 1.84 bits per heavy atom. The van der Waals surface area contributed by atoms with E-state index in [0.717, 1.165) is 24.2 Å². The minimum Gasteiger partial charge on any atom is -0.492 e. The van der Waals surface area contributed by atoms with Gasteiger partial charge >= 0.3 is 0 Å². The first-order valence-corrected chi connectivity index (χ1v) is 10.8. The van der Waals surface area contributed by atoms with E-state index in [4.69, 9.17) is 14.2 Å². The van der Waals surface area contributed by atoms with Crippen LogP contribution in [0.2, 0.25) is 0 Å². The number of fused-ring (bicyclic) bond motifs is 2. The van der Waals surface area contributed by atoms with Gasteiger partial charge in [-0.3, -0.25) is 14.5 Å². The molecule has 0 bridgehead atoms. The molecule has 1 atom stereocenters. The summed E-state index contributed by atoms with van der Waals surface area (Å²) < 4.78 is 16.5. The van der Waals surface area contributed by atoms with Crippen LogP contribution in [0.15, 0.2) is 42.5 Å². The Hall–Kier alpha value is -3.06. The predicted octanol–water partition coefficient (Wildman–Crippen LogP) is 2.73. The molecule has 0 N–H and O–H groups in total. The number of benzene rings is 2. The molecule has 0 radical (unpaired) electrons. The van der Waals surface area contributed by atoms with Crippen molar-refractivity contribution >= 4 is 11.7 Å². The summed E-state index contributed by atoms with van der Waals surface area (Å²) in [6.45, 7) is 3.64. The second kappa shape index (κ2) is 8.59. The van der Waals surface area contributed by atoms with Crippen molar-refractivity contribution in [2.24, 2.45) is 5.92 Å². The molecule has 3 aliphatic rings. The predicted molar refractivity (Wildman–Crippen MR) is 113 cm³/mol. The molecule has 2 aromatic carbocycles. The van der Waals surface area contributed by atoms with E-state index in [-0.39, 0.29) is 24.4 Å². The Bertz CT molecular complexity index is 992. The summed E-state index contributed by atoms with van der Waals surface area (Å²) in [5.41, 5.74) is 1.71. The van der Waals surface area contributed by atoms with Crippen LogP contribution in [0.3, 0.4) is 0 Å². The molecule has 31 heavy (non-hydrogen) atoms. The Balaban J connectivity index is 1.22. The molecule has 162 valence electrons. The third kappa shape index (κ3) is 4.23.